The molecule has 0 spiro atoms. The molecule has 82 valence electrons. The normalized spacial score (nSPS) is 12.3. The first-order valence-corrected chi connectivity index (χ1v) is 5.14. The molecule has 3 nitrogen and oxygen atoms in total. The third-order valence-electron chi connectivity index (χ3n) is 2.63. The van der Waals surface area contributed by atoms with Gasteiger partial charge in [-0.05, 0) is 23.3 Å². The number of benzene rings is 2. The van der Waals surface area contributed by atoms with Crippen LogP contribution in [0, 0.1) is 0 Å². The topological polar surface area (TPSA) is 78.1 Å². The molecule has 0 saturated heterocycles. The van der Waals surface area contributed by atoms with Gasteiger partial charge in [0.1, 0.15) is 0 Å². The van der Waals surface area contributed by atoms with Crippen molar-refractivity contribution in [3.8, 4) is 0 Å². The van der Waals surface area contributed by atoms with Gasteiger partial charge in [-0.2, -0.15) is 0 Å². The fourth-order valence-electron chi connectivity index (χ4n) is 1.64. The second kappa shape index (κ2) is 4.24. The highest BCUT2D eigenvalue weighted by molar-refractivity contribution is 5.64. The number of hydrogen-bond acceptors (Lipinski definition) is 3. The monoisotopic (exact) mass is 213 g/mol. The van der Waals surface area contributed by atoms with Crippen molar-refractivity contribution in [2.45, 2.75) is 6.04 Å². The zero-order valence-electron chi connectivity index (χ0n) is 8.93. The molecule has 2 aromatic carbocycles. The Morgan fingerprint density at radius 2 is 1.44 bits per heavy atom. The average molecular weight is 213 g/mol. The molecule has 16 heavy (non-hydrogen) atoms. The molecule has 0 aliphatic rings. The van der Waals surface area contributed by atoms with Crippen LogP contribution in [0.25, 0.3) is 0 Å². The number of hydrogen-bond donors (Lipinski definition) is 3. The zero-order chi connectivity index (χ0) is 11.5. The van der Waals surface area contributed by atoms with Crippen molar-refractivity contribution in [3.63, 3.8) is 0 Å². The highest BCUT2D eigenvalue weighted by Gasteiger charge is 2.09. The molecular formula is C13H15N3. The maximum absolute atomic E-state index is 6.14. The summed E-state index contributed by atoms with van der Waals surface area (Å²) in [6.07, 6.45) is 0. The summed E-state index contributed by atoms with van der Waals surface area (Å²) in [5.41, 5.74) is 20.7. The predicted octanol–water partition coefficient (Wildman–Crippen LogP) is 1.90. The van der Waals surface area contributed by atoms with Gasteiger partial charge < -0.3 is 17.2 Å². The van der Waals surface area contributed by atoms with Crippen molar-refractivity contribution in [2.24, 2.45) is 5.73 Å². The van der Waals surface area contributed by atoms with Crippen molar-refractivity contribution in [2.75, 3.05) is 11.5 Å². The first-order valence-electron chi connectivity index (χ1n) is 5.14. The van der Waals surface area contributed by atoms with E-state index in [2.05, 4.69) is 0 Å². The van der Waals surface area contributed by atoms with Crippen molar-refractivity contribution in [1.29, 1.82) is 0 Å². The van der Waals surface area contributed by atoms with Crippen LogP contribution in [-0.2, 0) is 0 Å². The average Bonchev–Trinajstić information content (AvgIpc) is 2.33. The van der Waals surface area contributed by atoms with E-state index < -0.39 is 0 Å². The van der Waals surface area contributed by atoms with Gasteiger partial charge in [0.15, 0.2) is 0 Å². The predicted molar refractivity (Wildman–Crippen MR) is 67.7 cm³/mol. The van der Waals surface area contributed by atoms with E-state index in [1.165, 1.54) is 0 Å². The van der Waals surface area contributed by atoms with Gasteiger partial charge in [-0.1, -0.05) is 36.4 Å². The maximum Gasteiger partial charge on any atom is 0.0552 e. The van der Waals surface area contributed by atoms with E-state index >= 15 is 0 Å². The van der Waals surface area contributed by atoms with Crippen LogP contribution in [0.4, 0.5) is 11.4 Å². The van der Waals surface area contributed by atoms with Gasteiger partial charge in [0.25, 0.3) is 0 Å². The lowest BCUT2D eigenvalue weighted by Gasteiger charge is -2.13. The van der Waals surface area contributed by atoms with Gasteiger partial charge in [0.2, 0.25) is 0 Å². The largest absolute Gasteiger partial charge is 0.397 e. The zero-order valence-corrected chi connectivity index (χ0v) is 8.93. The minimum absolute atomic E-state index is 0.163. The molecular weight excluding hydrogens is 198 g/mol. The molecule has 0 bridgehead atoms. The first kappa shape index (κ1) is 10.5. The van der Waals surface area contributed by atoms with Crippen molar-refractivity contribution in [3.05, 3.63) is 59.7 Å². The number of rotatable bonds is 2. The Morgan fingerprint density at radius 1 is 0.750 bits per heavy atom. The molecule has 1 unspecified atom stereocenters. The fourth-order valence-corrected chi connectivity index (χ4v) is 1.64. The van der Waals surface area contributed by atoms with E-state index in [0.29, 0.717) is 11.4 Å². The second-order valence-corrected chi connectivity index (χ2v) is 3.78. The van der Waals surface area contributed by atoms with Gasteiger partial charge in [-0.15, -0.1) is 0 Å². The molecule has 0 fully saturated rings. The van der Waals surface area contributed by atoms with E-state index in [1.54, 1.807) is 6.07 Å². The Balaban J connectivity index is 2.34. The van der Waals surface area contributed by atoms with Crippen molar-refractivity contribution in [1.82, 2.24) is 0 Å². The lowest BCUT2D eigenvalue weighted by Crippen LogP contribution is -2.12. The molecule has 0 aliphatic heterocycles. The molecule has 1 atom stereocenters. The summed E-state index contributed by atoms with van der Waals surface area (Å²) in [4.78, 5) is 0. The van der Waals surface area contributed by atoms with E-state index in [0.717, 1.165) is 11.1 Å². The molecule has 0 aliphatic carbocycles. The summed E-state index contributed by atoms with van der Waals surface area (Å²) < 4.78 is 0. The molecule has 0 aromatic heterocycles. The van der Waals surface area contributed by atoms with Crippen LogP contribution in [0.3, 0.4) is 0 Å². The first-order chi connectivity index (χ1) is 7.68. The minimum atomic E-state index is -0.163. The van der Waals surface area contributed by atoms with Crippen LogP contribution >= 0.6 is 0 Å². The number of anilines is 2. The Hall–Kier alpha value is -2.00. The highest BCUT2D eigenvalue weighted by atomic mass is 14.7. The van der Waals surface area contributed by atoms with E-state index in [9.17, 15) is 0 Å². The summed E-state index contributed by atoms with van der Waals surface area (Å²) >= 11 is 0. The quantitative estimate of drug-likeness (QED) is 0.667. The molecule has 0 heterocycles. The number of nitrogens with two attached hydrogens (primary N) is 3. The smallest absolute Gasteiger partial charge is 0.0552 e. The Bertz CT molecular complexity index is 480. The van der Waals surface area contributed by atoms with Gasteiger partial charge in [0.05, 0.1) is 17.4 Å². The lowest BCUT2D eigenvalue weighted by molar-refractivity contribution is 0.872. The maximum atomic E-state index is 6.14. The molecule has 0 amide bonds. The van der Waals surface area contributed by atoms with Crippen molar-refractivity contribution < 1.29 is 0 Å². The van der Waals surface area contributed by atoms with Crippen molar-refractivity contribution >= 4 is 11.4 Å². The van der Waals surface area contributed by atoms with Gasteiger partial charge in [-0.25, -0.2) is 0 Å². The Morgan fingerprint density at radius 3 is 2.06 bits per heavy atom. The highest BCUT2D eigenvalue weighted by Crippen LogP contribution is 2.24. The van der Waals surface area contributed by atoms with E-state index in [1.807, 2.05) is 42.5 Å². The van der Waals surface area contributed by atoms with Gasteiger partial charge in [0, 0.05) is 0 Å². The van der Waals surface area contributed by atoms with E-state index in [-0.39, 0.29) is 6.04 Å². The second-order valence-electron chi connectivity index (χ2n) is 3.78. The van der Waals surface area contributed by atoms with Gasteiger partial charge in [-0.3, -0.25) is 0 Å². The minimum Gasteiger partial charge on any atom is -0.397 e. The lowest BCUT2D eigenvalue weighted by atomic mass is 9.99. The molecule has 0 saturated carbocycles. The van der Waals surface area contributed by atoms with Crippen LogP contribution in [0.2, 0.25) is 0 Å². The Labute approximate surface area is 94.9 Å². The van der Waals surface area contributed by atoms with Crippen LogP contribution < -0.4 is 17.2 Å². The molecule has 0 radical (unpaired) electrons. The summed E-state index contributed by atoms with van der Waals surface area (Å²) in [6.45, 7) is 0. The third-order valence-corrected chi connectivity index (χ3v) is 2.63. The third kappa shape index (κ3) is 1.99. The molecule has 2 rings (SSSR count). The fraction of sp³-hybridized carbons (Fsp3) is 0.0769. The summed E-state index contributed by atoms with van der Waals surface area (Å²) in [6, 6.07) is 15.3. The summed E-state index contributed by atoms with van der Waals surface area (Å²) in [5.74, 6) is 0. The molecule has 6 N–H and O–H groups in total. The summed E-state index contributed by atoms with van der Waals surface area (Å²) in [5, 5.41) is 0. The number of nitrogen functional groups attached to an aromatic ring is 2. The summed E-state index contributed by atoms with van der Waals surface area (Å²) in [7, 11) is 0. The molecule has 2 aromatic rings. The SMILES string of the molecule is Nc1ccc(C(N)c2ccccc2)cc1N. The standard InChI is InChI=1S/C13H15N3/c14-11-7-6-10(8-12(11)15)13(16)9-4-2-1-3-5-9/h1-8,13H,14-16H2. The van der Waals surface area contributed by atoms with Crippen LogP contribution in [-0.4, -0.2) is 0 Å². The van der Waals surface area contributed by atoms with Gasteiger partial charge >= 0.3 is 0 Å². The molecule has 3 heteroatoms. The van der Waals surface area contributed by atoms with Crippen LogP contribution in [0.1, 0.15) is 17.2 Å². The Kier molecular flexibility index (Phi) is 2.79. The van der Waals surface area contributed by atoms with E-state index in [4.69, 9.17) is 17.2 Å². The van der Waals surface area contributed by atoms with Crippen LogP contribution in [0.15, 0.2) is 48.5 Å². The van der Waals surface area contributed by atoms with Crippen LogP contribution in [0.5, 0.6) is 0 Å².